The molecule has 0 amide bonds. The Labute approximate surface area is 139 Å². The summed E-state index contributed by atoms with van der Waals surface area (Å²) in [5, 5.41) is 59.0. The Morgan fingerprint density at radius 1 is 0.792 bits per heavy atom. The quantitative estimate of drug-likeness (QED) is 0.290. The Bertz CT molecular complexity index is 392. The molecule has 5 unspecified atom stereocenters. The third-order valence-corrected chi connectivity index (χ3v) is 4.49. The molecule has 0 spiro atoms. The summed E-state index contributed by atoms with van der Waals surface area (Å²) in [7, 11) is 1.30. The Morgan fingerprint density at radius 2 is 1.33 bits per heavy atom. The highest BCUT2D eigenvalue weighted by Crippen LogP contribution is 2.29. The first-order valence-electron chi connectivity index (χ1n) is 7.78. The number of methoxy groups -OCH3 is 1. The van der Waals surface area contributed by atoms with Crippen LogP contribution in [-0.2, 0) is 18.9 Å². The van der Waals surface area contributed by atoms with Crippen molar-refractivity contribution in [3.8, 4) is 0 Å². The minimum atomic E-state index is -1.53. The summed E-state index contributed by atoms with van der Waals surface area (Å²) in [5.41, 5.74) is 0. The fraction of sp³-hybridized carbons (Fsp3) is 1.00. The zero-order chi connectivity index (χ0) is 18.0. The van der Waals surface area contributed by atoms with Crippen LogP contribution in [0.15, 0.2) is 0 Å². The van der Waals surface area contributed by atoms with Gasteiger partial charge in [0.2, 0.25) is 0 Å². The van der Waals surface area contributed by atoms with Crippen LogP contribution in [0.25, 0.3) is 0 Å². The van der Waals surface area contributed by atoms with Crippen LogP contribution in [0.5, 0.6) is 0 Å². The highest BCUT2D eigenvalue weighted by molar-refractivity contribution is 4.95. The van der Waals surface area contributed by atoms with Gasteiger partial charge in [0.05, 0.1) is 19.3 Å². The second-order valence-electron chi connectivity index (χ2n) is 6.05. The standard InChI is InChI=1S/C14H26O10/c1-5-8(17)9(18)13(7(4-16)22-5)24-14-11(20)10(19)12(21-2)6(3-15)23-14/h5-20H,3-4H2,1-2H3/t5?,6?,7-,8?,9?,10-,11?,12+,13-,14+/m1/s1. The number of ether oxygens (including phenoxy) is 4. The molecule has 10 heteroatoms. The van der Waals surface area contributed by atoms with E-state index in [2.05, 4.69) is 0 Å². The number of hydrogen-bond acceptors (Lipinski definition) is 10. The average molecular weight is 354 g/mol. The van der Waals surface area contributed by atoms with Crippen LogP contribution in [0.4, 0.5) is 0 Å². The lowest BCUT2D eigenvalue weighted by Gasteiger charge is -2.46. The third kappa shape index (κ3) is 3.73. The van der Waals surface area contributed by atoms with Gasteiger partial charge >= 0.3 is 0 Å². The molecular formula is C14H26O10. The van der Waals surface area contributed by atoms with Gasteiger partial charge in [-0.05, 0) is 6.92 Å². The molecule has 2 fully saturated rings. The molecule has 10 atom stereocenters. The molecule has 6 N–H and O–H groups in total. The van der Waals surface area contributed by atoms with E-state index in [9.17, 15) is 30.6 Å². The van der Waals surface area contributed by atoms with Crippen molar-refractivity contribution < 1.29 is 49.6 Å². The molecule has 2 heterocycles. The van der Waals surface area contributed by atoms with E-state index in [-0.39, 0.29) is 0 Å². The van der Waals surface area contributed by atoms with Gasteiger partial charge in [-0.2, -0.15) is 0 Å². The highest BCUT2D eigenvalue weighted by Gasteiger charge is 2.50. The first-order valence-corrected chi connectivity index (χ1v) is 7.78. The minimum Gasteiger partial charge on any atom is -0.394 e. The van der Waals surface area contributed by atoms with E-state index in [1.807, 2.05) is 0 Å². The Kier molecular flexibility index (Phi) is 6.90. The van der Waals surface area contributed by atoms with Gasteiger partial charge in [0.15, 0.2) is 6.29 Å². The van der Waals surface area contributed by atoms with Crippen molar-refractivity contribution in [2.45, 2.75) is 68.1 Å². The second kappa shape index (κ2) is 8.32. The van der Waals surface area contributed by atoms with Crippen molar-refractivity contribution in [1.29, 1.82) is 0 Å². The van der Waals surface area contributed by atoms with Crippen molar-refractivity contribution >= 4 is 0 Å². The van der Waals surface area contributed by atoms with E-state index in [1.54, 1.807) is 0 Å². The smallest absolute Gasteiger partial charge is 0.187 e. The maximum Gasteiger partial charge on any atom is 0.187 e. The van der Waals surface area contributed by atoms with E-state index in [0.29, 0.717) is 0 Å². The predicted octanol–water partition coefficient (Wildman–Crippen LogP) is -3.67. The van der Waals surface area contributed by atoms with E-state index in [1.165, 1.54) is 14.0 Å². The second-order valence-corrected chi connectivity index (χ2v) is 6.05. The molecule has 0 aromatic heterocycles. The molecule has 0 radical (unpaired) electrons. The van der Waals surface area contributed by atoms with Crippen LogP contribution in [0, 0.1) is 0 Å². The summed E-state index contributed by atoms with van der Waals surface area (Å²) >= 11 is 0. The Balaban J connectivity index is 2.12. The van der Waals surface area contributed by atoms with Gasteiger partial charge in [-0.3, -0.25) is 0 Å². The molecule has 0 aromatic rings. The Morgan fingerprint density at radius 3 is 1.88 bits per heavy atom. The maximum atomic E-state index is 10.2. The average Bonchev–Trinajstić information content (AvgIpc) is 2.58. The zero-order valence-corrected chi connectivity index (χ0v) is 13.5. The highest BCUT2D eigenvalue weighted by atomic mass is 16.7. The molecular weight excluding hydrogens is 328 g/mol. The van der Waals surface area contributed by atoms with Crippen LogP contribution >= 0.6 is 0 Å². The van der Waals surface area contributed by atoms with Gasteiger partial charge in [0.25, 0.3) is 0 Å². The molecule has 0 aliphatic carbocycles. The van der Waals surface area contributed by atoms with E-state index in [0.717, 1.165) is 0 Å². The van der Waals surface area contributed by atoms with Crippen LogP contribution < -0.4 is 0 Å². The van der Waals surface area contributed by atoms with Crippen molar-refractivity contribution in [3.05, 3.63) is 0 Å². The van der Waals surface area contributed by atoms with Gasteiger partial charge in [-0.1, -0.05) is 0 Å². The van der Waals surface area contributed by atoms with Crippen molar-refractivity contribution in [2.75, 3.05) is 20.3 Å². The van der Waals surface area contributed by atoms with Gasteiger partial charge in [0.1, 0.15) is 48.8 Å². The van der Waals surface area contributed by atoms with Gasteiger partial charge in [-0.15, -0.1) is 0 Å². The molecule has 2 aliphatic heterocycles. The third-order valence-electron chi connectivity index (χ3n) is 4.49. The molecule has 0 aromatic carbocycles. The predicted molar refractivity (Wildman–Crippen MR) is 76.9 cm³/mol. The minimum absolute atomic E-state index is 0.491. The lowest BCUT2D eigenvalue weighted by Crippen LogP contribution is -2.64. The van der Waals surface area contributed by atoms with Gasteiger partial charge in [0, 0.05) is 7.11 Å². The molecule has 2 aliphatic rings. The normalized spacial score (nSPS) is 50.0. The summed E-state index contributed by atoms with van der Waals surface area (Å²) in [6, 6.07) is 0. The van der Waals surface area contributed by atoms with Crippen LogP contribution in [0.1, 0.15) is 6.92 Å². The van der Waals surface area contributed by atoms with E-state index < -0.39 is 74.4 Å². The lowest BCUT2D eigenvalue weighted by atomic mass is 9.95. The SMILES string of the molecule is CO[C@H]1C(CO)O[C@@H](O[C@H]2C(O)C(O)C(C)O[C@@H]2CO)C(O)[C@H]1O. The Hall–Kier alpha value is -0.400. The van der Waals surface area contributed by atoms with E-state index >= 15 is 0 Å². The molecule has 142 valence electrons. The topological polar surface area (TPSA) is 158 Å². The number of aliphatic hydroxyl groups excluding tert-OH is 6. The number of hydrogen-bond donors (Lipinski definition) is 6. The van der Waals surface area contributed by atoms with Crippen molar-refractivity contribution in [1.82, 2.24) is 0 Å². The summed E-state index contributed by atoms with van der Waals surface area (Å²) in [5.74, 6) is 0. The summed E-state index contributed by atoms with van der Waals surface area (Å²) in [4.78, 5) is 0. The van der Waals surface area contributed by atoms with Crippen LogP contribution in [0.3, 0.4) is 0 Å². The molecule has 0 saturated carbocycles. The fourth-order valence-electron chi connectivity index (χ4n) is 3.05. The largest absolute Gasteiger partial charge is 0.394 e. The van der Waals surface area contributed by atoms with Crippen molar-refractivity contribution in [2.24, 2.45) is 0 Å². The number of aliphatic hydroxyl groups is 6. The molecule has 0 bridgehead atoms. The lowest BCUT2D eigenvalue weighted by molar-refractivity contribution is -0.343. The first-order chi connectivity index (χ1) is 11.3. The van der Waals surface area contributed by atoms with Crippen LogP contribution in [0.2, 0.25) is 0 Å². The molecule has 10 nitrogen and oxygen atoms in total. The van der Waals surface area contributed by atoms with Crippen molar-refractivity contribution in [3.63, 3.8) is 0 Å². The first kappa shape index (κ1) is 19.9. The summed E-state index contributed by atoms with van der Waals surface area (Å²) in [6.45, 7) is 0.552. The van der Waals surface area contributed by atoms with Gasteiger partial charge < -0.3 is 49.6 Å². The maximum absolute atomic E-state index is 10.2. The summed E-state index contributed by atoms with van der Waals surface area (Å²) in [6.07, 6.45) is -11.8. The monoisotopic (exact) mass is 354 g/mol. The summed E-state index contributed by atoms with van der Waals surface area (Å²) < 4.78 is 21.2. The van der Waals surface area contributed by atoms with Crippen LogP contribution in [-0.4, -0.2) is 112 Å². The number of rotatable bonds is 5. The fourth-order valence-corrected chi connectivity index (χ4v) is 3.05. The molecule has 2 saturated heterocycles. The molecule has 24 heavy (non-hydrogen) atoms. The van der Waals surface area contributed by atoms with E-state index in [4.69, 9.17) is 18.9 Å². The zero-order valence-electron chi connectivity index (χ0n) is 13.5. The van der Waals surface area contributed by atoms with Gasteiger partial charge in [-0.25, -0.2) is 0 Å². The molecule has 2 rings (SSSR count).